The fourth-order valence-corrected chi connectivity index (χ4v) is 14.9. The molecule has 0 unspecified atom stereocenters. The monoisotopic (exact) mass is 929 g/mol. The third-order valence-corrected chi connectivity index (χ3v) is 19.5. The van der Waals surface area contributed by atoms with Gasteiger partial charge >= 0.3 is 6.85 Å². The smallest absolute Gasteiger partial charge is 0.333 e. The summed E-state index contributed by atoms with van der Waals surface area (Å²) in [6, 6.07) is 49.2. The molecule has 0 atom stereocenters. The molecule has 3 heteroatoms. The van der Waals surface area contributed by atoms with Gasteiger partial charge in [0, 0.05) is 44.8 Å². The zero-order valence-corrected chi connectivity index (χ0v) is 45.3. The molecule has 7 aromatic rings. The molecule has 0 N–H and O–H groups in total. The second kappa shape index (κ2) is 14.0. The maximum absolute atomic E-state index is 2.81. The van der Waals surface area contributed by atoms with Gasteiger partial charge in [0.1, 0.15) is 0 Å². The van der Waals surface area contributed by atoms with Crippen molar-refractivity contribution in [2.75, 3.05) is 9.71 Å². The molecule has 2 aliphatic heterocycles. The third-order valence-electron chi connectivity index (χ3n) is 19.5. The van der Waals surface area contributed by atoms with Crippen LogP contribution in [0.5, 0.6) is 0 Å². The van der Waals surface area contributed by atoms with Crippen molar-refractivity contribution in [2.45, 2.75) is 167 Å². The minimum atomic E-state index is -0.262. The van der Waals surface area contributed by atoms with Gasteiger partial charge in [-0.3, -0.25) is 0 Å². The minimum absolute atomic E-state index is 0.0236. The minimum Gasteiger partial charge on any atom is -0.376 e. The Morgan fingerprint density at radius 2 is 0.915 bits per heavy atom. The third kappa shape index (κ3) is 6.02. The number of hydrogen-bond donors (Lipinski definition) is 0. The molecular formula is C68H73BN2. The van der Waals surface area contributed by atoms with Gasteiger partial charge in [-0.1, -0.05) is 177 Å². The summed E-state index contributed by atoms with van der Waals surface area (Å²) in [7, 11) is 0. The second-order valence-electron chi connectivity index (χ2n) is 27.5. The molecule has 0 radical (unpaired) electrons. The maximum Gasteiger partial charge on any atom is 0.333 e. The Morgan fingerprint density at radius 3 is 1.54 bits per heavy atom. The average molecular weight is 929 g/mol. The Bertz CT molecular complexity index is 3480. The molecule has 7 aromatic carbocycles. The molecule has 6 aliphatic rings. The van der Waals surface area contributed by atoms with Gasteiger partial charge in [-0.2, -0.15) is 0 Å². The fourth-order valence-electron chi connectivity index (χ4n) is 14.9. The summed E-state index contributed by atoms with van der Waals surface area (Å²) < 4.78 is 0. The Hall–Kier alpha value is -5.80. The molecule has 4 aliphatic carbocycles. The van der Waals surface area contributed by atoms with Crippen LogP contribution >= 0.6 is 0 Å². The van der Waals surface area contributed by atoms with E-state index in [0.29, 0.717) is 0 Å². The number of nitrogens with zero attached hydrogens (tertiary/aromatic N) is 2. The van der Waals surface area contributed by atoms with Gasteiger partial charge in [-0.15, -0.1) is 0 Å². The number of fused-ring (bicyclic) bond motifs is 13. The lowest BCUT2D eigenvalue weighted by molar-refractivity contribution is 0.332. The van der Waals surface area contributed by atoms with Crippen molar-refractivity contribution in [3.63, 3.8) is 0 Å². The molecule has 71 heavy (non-hydrogen) atoms. The van der Waals surface area contributed by atoms with E-state index in [9.17, 15) is 0 Å². The largest absolute Gasteiger partial charge is 0.376 e. The standard InChI is InChI=1S/C68H73BN2/c1-62(2,3)40-24-26-41(27-25-40)71-57-38-52-45(43-20-16-18-22-49(43)67(52,12)13)35-46(57)48-36-47-44-21-17-19-23-50(44)68(14,15)59(47)61-60(48)69(71)56-37-54-55(66(10,11)33-32-65(54,8)9)39-58(56)70(61)42-28-29-51-53(34-42)64(6,7)31-30-63(51,4)5/h16-29,34-39H,30-33H2,1-15H3. The van der Waals surface area contributed by atoms with E-state index >= 15 is 0 Å². The molecule has 13 rings (SSSR count). The normalized spacial score (nSPS) is 20.1. The Balaban J connectivity index is 1.22. The lowest BCUT2D eigenvalue weighted by Crippen LogP contribution is -2.62. The highest BCUT2D eigenvalue weighted by molar-refractivity contribution is 6.93. The summed E-state index contributed by atoms with van der Waals surface area (Å²) in [5.74, 6) is 0. The van der Waals surface area contributed by atoms with E-state index < -0.39 is 0 Å². The molecule has 0 aromatic heterocycles. The number of benzene rings is 7. The number of anilines is 5. The molecule has 2 nitrogen and oxygen atoms in total. The van der Waals surface area contributed by atoms with Crippen LogP contribution in [0.1, 0.15) is 180 Å². The van der Waals surface area contributed by atoms with Crippen LogP contribution in [0.2, 0.25) is 0 Å². The van der Waals surface area contributed by atoms with Crippen LogP contribution < -0.4 is 20.6 Å². The molecule has 2 heterocycles. The van der Waals surface area contributed by atoms with E-state index in [1.807, 2.05) is 0 Å². The van der Waals surface area contributed by atoms with Crippen LogP contribution in [0, 0.1) is 0 Å². The molecule has 358 valence electrons. The van der Waals surface area contributed by atoms with Gasteiger partial charge in [-0.05, 0) is 190 Å². The van der Waals surface area contributed by atoms with E-state index in [4.69, 9.17) is 0 Å². The first-order valence-electron chi connectivity index (χ1n) is 27.0. The van der Waals surface area contributed by atoms with Crippen LogP contribution in [0.4, 0.5) is 28.4 Å². The number of hydrogen-bond acceptors (Lipinski definition) is 2. The van der Waals surface area contributed by atoms with Crippen molar-refractivity contribution >= 4 is 46.2 Å². The van der Waals surface area contributed by atoms with E-state index in [-0.39, 0.29) is 44.8 Å². The molecule has 0 saturated carbocycles. The highest BCUT2D eigenvalue weighted by Crippen LogP contribution is 2.61. The average Bonchev–Trinajstić information content (AvgIpc) is 3.69. The van der Waals surface area contributed by atoms with Crippen LogP contribution in [0.15, 0.2) is 121 Å². The van der Waals surface area contributed by atoms with Crippen molar-refractivity contribution in [2.24, 2.45) is 0 Å². The zero-order chi connectivity index (χ0) is 49.9. The molecule has 0 bridgehead atoms. The number of rotatable bonds is 2. The molecular weight excluding hydrogens is 856 g/mol. The predicted molar refractivity (Wildman–Crippen MR) is 305 cm³/mol. The molecule has 0 amide bonds. The first-order valence-corrected chi connectivity index (χ1v) is 27.0. The summed E-state index contributed by atoms with van der Waals surface area (Å²) in [6.45, 7) is 36.8. The van der Waals surface area contributed by atoms with Gasteiger partial charge in [-0.25, -0.2) is 0 Å². The Labute approximate surface area is 426 Å². The van der Waals surface area contributed by atoms with Gasteiger partial charge in [0.05, 0.1) is 0 Å². The maximum atomic E-state index is 2.81. The van der Waals surface area contributed by atoms with Gasteiger partial charge in [0.25, 0.3) is 0 Å². The van der Waals surface area contributed by atoms with Crippen LogP contribution in [0.3, 0.4) is 0 Å². The predicted octanol–water partition coefficient (Wildman–Crippen LogP) is 17.0. The van der Waals surface area contributed by atoms with Crippen LogP contribution in [0.25, 0.3) is 33.4 Å². The van der Waals surface area contributed by atoms with E-state index in [0.717, 1.165) is 0 Å². The molecule has 0 spiro atoms. The highest BCUT2D eigenvalue weighted by atomic mass is 15.2. The van der Waals surface area contributed by atoms with E-state index in [2.05, 4.69) is 235 Å². The topological polar surface area (TPSA) is 6.48 Å². The van der Waals surface area contributed by atoms with Crippen molar-refractivity contribution < 1.29 is 0 Å². The Morgan fingerprint density at radius 1 is 0.408 bits per heavy atom. The lowest BCUT2D eigenvalue weighted by Gasteiger charge is -2.50. The zero-order valence-electron chi connectivity index (χ0n) is 45.3. The highest BCUT2D eigenvalue weighted by Gasteiger charge is 2.53. The molecule has 0 fully saturated rings. The van der Waals surface area contributed by atoms with Gasteiger partial charge in [0.2, 0.25) is 0 Å². The second-order valence-corrected chi connectivity index (χ2v) is 27.5. The SMILES string of the molecule is CC(C)(C)c1ccc(N2B3c4cc5c(cc4N(c4ccc6c(c4)C(C)(C)CCC6(C)C)c4c3c(cc3c4C(C)(C)c4ccccc4-3)-c3cc4c(cc32)C(C)(C)c2ccccc2-4)C(C)(C)CCC5(C)C)cc1. The summed E-state index contributed by atoms with van der Waals surface area (Å²) in [6.07, 6.45) is 4.70. The first-order chi connectivity index (χ1) is 33.3. The summed E-state index contributed by atoms with van der Waals surface area (Å²) in [5, 5.41) is 0. The summed E-state index contributed by atoms with van der Waals surface area (Å²) in [5.41, 5.74) is 30.4. The van der Waals surface area contributed by atoms with Crippen molar-refractivity contribution in [1.82, 2.24) is 0 Å². The van der Waals surface area contributed by atoms with Crippen molar-refractivity contribution in [3.8, 4) is 33.4 Å². The quantitative estimate of drug-likeness (QED) is 0.159. The first kappa shape index (κ1) is 45.1. The van der Waals surface area contributed by atoms with Crippen molar-refractivity contribution in [1.29, 1.82) is 0 Å². The van der Waals surface area contributed by atoms with Gasteiger partial charge < -0.3 is 9.71 Å². The van der Waals surface area contributed by atoms with Gasteiger partial charge in [0.15, 0.2) is 0 Å². The van der Waals surface area contributed by atoms with Crippen LogP contribution in [-0.2, 0) is 37.9 Å². The van der Waals surface area contributed by atoms with E-state index in [1.165, 1.54) is 148 Å². The summed E-state index contributed by atoms with van der Waals surface area (Å²) in [4.78, 5) is 5.61. The fraction of sp³-hybridized carbons (Fsp3) is 0.382. The Kier molecular flexibility index (Phi) is 8.91. The van der Waals surface area contributed by atoms with E-state index in [1.54, 1.807) is 0 Å². The van der Waals surface area contributed by atoms with Crippen LogP contribution in [-0.4, -0.2) is 6.85 Å². The van der Waals surface area contributed by atoms with Crippen molar-refractivity contribution in [3.05, 3.63) is 171 Å². The molecule has 0 saturated heterocycles. The lowest BCUT2D eigenvalue weighted by atomic mass is 9.42. The summed E-state index contributed by atoms with van der Waals surface area (Å²) >= 11 is 0.